The van der Waals surface area contributed by atoms with E-state index < -0.39 is 5.41 Å². The van der Waals surface area contributed by atoms with Gasteiger partial charge in [0.15, 0.2) is 0 Å². The van der Waals surface area contributed by atoms with Gasteiger partial charge in [0.05, 0.1) is 27.5 Å². The summed E-state index contributed by atoms with van der Waals surface area (Å²) in [6, 6.07) is 37.0. The highest BCUT2D eigenvalue weighted by atomic mass is 14.8. The third-order valence-electron chi connectivity index (χ3n) is 10.4. The van der Waals surface area contributed by atoms with Gasteiger partial charge in [-0.15, -0.1) is 0 Å². The molecule has 0 saturated heterocycles. The van der Waals surface area contributed by atoms with E-state index in [1.807, 2.05) is 0 Å². The first-order chi connectivity index (χ1) is 22.3. The first-order valence-corrected chi connectivity index (χ1v) is 15.6. The van der Waals surface area contributed by atoms with Crippen LogP contribution in [0, 0.1) is 15.9 Å². The molecule has 2 heteroatoms. The van der Waals surface area contributed by atoms with Crippen LogP contribution in [0.2, 0.25) is 0 Å². The van der Waals surface area contributed by atoms with Crippen LogP contribution in [0.15, 0.2) is 155 Å². The first kappa shape index (κ1) is 23.6. The summed E-state index contributed by atoms with van der Waals surface area (Å²) in [5.74, 6) is 0. The Balaban J connectivity index is 1.22. The lowest BCUT2D eigenvalue weighted by atomic mass is 9.59. The van der Waals surface area contributed by atoms with E-state index in [1.165, 1.54) is 71.7 Å². The summed E-state index contributed by atoms with van der Waals surface area (Å²) in [5, 5.41) is 4.40. The Morgan fingerprint density at radius 3 is 2.00 bits per heavy atom. The number of fused-ring (bicyclic) bond motifs is 14. The van der Waals surface area contributed by atoms with Crippen LogP contribution in [0.4, 0.5) is 11.4 Å². The Labute approximate surface area is 259 Å². The number of allylic oxidation sites excluding steroid dienone is 10. The Bertz CT molecular complexity index is 2670. The van der Waals surface area contributed by atoms with Crippen molar-refractivity contribution in [3.8, 4) is 11.1 Å². The van der Waals surface area contributed by atoms with E-state index in [4.69, 9.17) is 9.98 Å². The van der Waals surface area contributed by atoms with Crippen molar-refractivity contribution in [2.45, 2.75) is 0 Å². The Morgan fingerprint density at radius 2 is 1.18 bits per heavy atom. The largest absolute Gasteiger partial charge is 0.248 e. The van der Waals surface area contributed by atoms with Crippen LogP contribution < -0.4 is 10.7 Å². The predicted octanol–water partition coefficient (Wildman–Crippen LogP) is 9.08. The fourth-order valence-corrected chi connectivity index (χ4v) is 8.52. The van der Waals surface area contributed by atoms with Crippen LogP contribution in [0.25, 0.3) is 40.0 Å². The second-order valence-corrected chi connectivity index (χ2v) is 12.5. The molecule has 0 fully saturated rings. The molecule has 11 rings (SSSR count). The minimum atomic E-state index is -0.470. The number of para-hydroxylation sites is 1. The van der Waals surface area contributed by atoms with Gasteiger partial charge in [0.25, 0.3) is 0 Å². The van der Waals surface area contributed by atoms with E-state index in [-0.39, 0.29) is 0 Å². The van der Waals surface area contributed by atoms with Gasteiger partial charge in [0.2, 0.25) is 0 Å². The number of nitrogens with zero attached hydrogens (tertiary/aromatic N) is 2. The van der Waals surface area contributed by atoms with Crippen molar-refractivity contribution >= 4 is 40.2 Å². The van der Waals surface area contributed by atoms with Crippen LogP contribution >= 0.6 is 0 Å². The van der Waals surface area contributed by atoms with Crippen LogP contribution in [0.1, 0.15) is 27.8 Å². The Hall–Kier alpha value is -5.86. The van der Waals surface area contributed by atoms with Gasteiger partial charge >= 0.3 is 0 Å². The van der Waals surface area contributed by atoms with Gasteiger partial charge in [-0.1, -0.05) is 109 Å². The van der Waals surface area contributed by atoms with Gasteiger partial charge in [0, 0.05) is 21.6 Å². The molecular weight excluding hydrogens is 544 g/mol. The molecule has 2 nitrogen and oxygen atoms in total. The normalized spacial score (nSPS) is 19.7. The van der Waals surface area contributed by atoms with Crippen molar-refractivity contribution in [3.05, 3.63) is 194 Å². The number of rotatable bonds is 1. The van der Waals surface area contributed by atoms with Gasteiger partial charge in [-0.2, -0.15) is 0 Å². The predicted molar refractivity (Wildman–Crippen MR) is 182 cm³/mol. The molecule has 5 aromatic rings. The summed E-state index contributed by atoms with van der Waals surface area (Å²) in [5.41, 5.74) is 16.8. The van der Waals surface area contributed by atoms with Gasteiger partial charge in [-0.25, -0.2) is 9.98 Å². The van der Waals surface area contributed by atoms with Crippen LogP contribution in [0.3, 0.4) is 0 Å². The summed E-state index contributed by atoms with van der Waals surface area (Å²) in [6.45, 7) is 0. The number of benzene rings is 5. The highest BCUT2D eigenvalue weighted by molar-refractivity contribution is 6.12. The van der Waals surface area contributed by atoms with E-state index in [0.717, 1.165) is 27.7 Å². The van der Waals surface area contributed by atoms with Crippen molar-refractivity contribution in [2.75, 3.05) is 0 Å². The van der Waals surface area contributed by atoms with Crippen LogP contribution in [-0.2, 0) is 0 Å². The molecule has 206 valence electrons. The molecular formula is C43H24N2. The molecule has 4 aliphatic carbocycles. The quantitative estimate of drug-likeness (QED) is 0.189. The molecule has 0 saturated carbocycles. The van der Waals surface area contributed by atoms with E-state index in [2.05, 4.69) is 146 Å². The fraction of sp³-hybridized carbons (Fsp3) is 0.0233. The molecule has 1 unspecified atom stereocenters. The molecule has 0 bridgehead atoms. The molecule has 1 atom stereocenters. The first-order valence-electron chi connectivity index (χ1n) is 15.6. The Kier molecular flexibility index (Phi) is 4.29. The number of hydrogen-bond donors (Lipinski definition) is 0. The molecule has 0 amide bonds. The third-order valence-corrected chi connectivity index (χ3v) is 10.4. The van der Waals surface area contributed by atoms with Crippen molar-refractivity contribution in [1.29, 1.82) is 0 Å². The fourth-order valence-electron chi connectivity index (χ4n) is 8.52. The minimum absolute atomic E-state index is 0.470. The SMILES string of the molecule is C1=CC2(C3=Cc4ccccc4C3=C1)C1=Cc3ccccc3C1=CC=C2c1cccc2c1-c1c3c(ccc1=N2)=c1ccccc1=N3. The van der Waals surface area contributed by atoms with Gasteiger partial charge < -0.3 is 0 Å². The maximum Gasteiger partial charge on any atom is 0.0817 e. The molecule has 1 spiro atoms. The second-order valence-electron chi connectivity index (χ2n) is 12.5. The molecule has 2 heterocycles. The molecule has 45 heavy (non-hydrogen) atoms. The third kappa shape index (κ3) is 2.85. The zero-order valence-corrected chi connectivity index (χ0v) is 24.3. The van der Waals surface area contributed by atoms with E-state index in [0.29, 0.717) is 0 Å². The van der Waals surface area contributed by atoms with Gasteiger partial charge in [-0.05, 0) is 92.1 Å². The number of hydrogen-bond acceptors (Lipinski definition) is 2. The molecule has 6 aliphatic rings. The lowest BCUT2D eigenvalue weighted by Crippen LogP contribution is -2.29. The molecule has 0 aromatic heterocycles. The van der Waals surface area contributed by atoms with Crippen LogP contribution in [-0.4, -0.2) is 0 Å². The lowest BCUT2D eigenvalue weighted by molar-refractivity contribution is 0.779. The van der Waals surface area contributed by atoms with Crippen molar-refractivity contribution in [3.63, 3.8) is 0 Å². The monoisotopic (exact) mass is 568 g/mol. The Morgan fingerprint density at radius 1 is 0.467 bits per heavy atom. The second kappa shape index (κ2) is 8.19. The highest BCUT2D eigenvalue weighted by Gasteiger charge is 2.49. The molecule has 5 aromatic carbocycles. The summed E-state index contributed by atoms with van der Waals surface area (Å²) in [4.78, 5) is 10.4. The average Bonchev–Trinajstić information content (AvgIpc) is 3.85. The summed E-state index contributed by atoms with van der Waals surface area (Å²) >= 11 is 0. The average molecular weight is 569 g/mol. The summed E-state index contributed by atoms with van der Waals surface area (Å²) in [7, 11) is 0. The summed E-state index contributed by atoms with van der Waals surface area (Å²) < 4.78 is 0. The lowest BCUT2D eigenvalue weighted by Gasteiger charge is -2.42. The van der Waals surface area contributed by atoms with Crippen molar-refractivity contribution in [2.24, 2.45) is 15.4 Å². The van der Waals surface area contributed by atoms with E-state index >= 15 is 0 Å². The molecule has 0 N–H and O–H groups in total. The van der Waals surface area contributed by atoms with Crippen LogP contribution in [0.5, 0.6) is 0 Å². The maximum atomic E-state index is 5.20. The van der Waals surface area contributed by atoms with Crippen molar-refractivity contribution < 1.29 is 0 Å². The topological polar surface area (TPSA) is 24.7 Å². The van der Waals surface area contributed by atoms with E-state index in [1.54, 1.807) is 0 Å². The molecule has 0 radical (unpaired) electrons. The zero-order chi connectivity index (χ0) is 29.3. The van der Waals surface area contributed by atoms with Gasteiger partial charge in [0.1, 0.15) is 0 Å². The minimum Gasteiger partial charge on any atom is -0.248 e. The highest BCUT2D eigenvalue weighted by Crippen LogP contribution is 2.64. The van der Waals surface area contributed by atoms with Gasteiger partial charge in [-0.3, -0.25) is 0 Å². The summed E-state index contributed by atoms with van der Waals surface area (Å²) in [6.07, 6.45) is 16.6. The van der Waals surface area contributed by atoms with E-state index in [9.17, 15) is 0 Å². The van der Waals surface area contributed by atoms with Crippen molar-refractivity contribution in [1.82, 2.24) is 0 Å². The zero-order valence-electron chi connectivity index (χ0n) is 24.3. The smallest absolute Gasteiger partial charge is 0.0817 e. The maximum absolute atomic E-state index is 5.20. The standard InChI is InChI=1S/C43H24N2/c1-3-11-27-25(9-1)23-35-29(27)15-8-22-43(35)34(20-18-30-28-12-4-2-10-26(28)24-36(30)43)33-14-7-17-38-40(33)41-39(44-38)21-19-32-31-13-5-6-16-37(31)45-42(32)41/h1-24H. The molecule has 2 aliphatic heterocycles.